The van der Waals surface area contributed by atoms with Gasteiger partial charge in [0.15, 0.2) is 0 Å². The fourth-order valence-corrected chi connectivity index (χ4v) is 4.39. The molecule has 0 saturated carbocycles. The van der Waals surface area contributed by atoms with E-state index in [1.807, 2.05) is 12.1 Å². The average Bonchev–Trinajstić information content (AvgIpc) is 3.45. The van der Waals surface area contributed by atoms with Crippen LogP contribution in [0.25, 0.3) is 11.4 Å². The van der Waals surface area contributed by atoms with Crippen molar-refractivity contribution >= 4 is 0 Å². The number of ether oxygens (including phenoxy) is 1. The van der Waals surface area contributed by atoms with Gasteiger partial charge in [0.05, 0.1) is 12.5 Å². The van der Waals surface area contributed by atoms with E-state index >= 15 is 0 Å². The van der Waals surface area contributed by atoms with Crippen molar-refractivity contribution in [3.05, 3.63) is 66.3 Å². The lowest BCUT2D eigenvalue weighted by Gasteiger charge is -2.25. The van der Waals surface area contributed by atoms with Crippen molar-refractivity contribution in [2.24, 2.45) is 5.41 Å². The highest BCUT2D eigenvalue weighted by Crippen LogP contribution is 2.48. The molecule has 2 aliphatic heterocycles. The second-order valence-electron chi connectivity index (χ2n) is 7.56. The third-order valence-corrected chi connectivity index (χ3v) is 5.78. The Hall–Kier alpha value is -2.57. The topological polar surface area (TPSA) is 64.3 Å². The standard InChI is InChI=1S/C21H22N4O2/c1-2-4-16(5-3-1)12-25-13-18(21(14-25)8-11-26-15-21)20-23-19(24-27-20)17-6-9-22-10-7-17/h1-7,9-10,18H,8,11-15H2. The first-order valence-corrected chi connectivity index (χ1v) is 9.40. The highest BCUT2D eigenvalue weighted by Gasteiger charge is 2.51. The molecule has 6 heteroatoms. The molecule has 0 bridgehead atoms. The van der Waals surface area contributed by atoms with E-state index in [1.54, 1.807) is 12.4 Å². The molecule has 2 saturated heterocycles. The normalized spacial score (nSPS) is 25.4. The molecule has 6 nitrogen and oxygen atoms in total. The van der Waals surface area contributed by atoms with Gasteiger partial charge in [-0.25, -0.2) is 0 Å². The number of nitrogens with zero attached hydrogens (tertiary/aromatic N) is 4. The zero-order valence-corrected chi connectivity index (χ0v) is 15.1. The summed E-state index contributed by atoms with van der Waals surface area (Å²) in [5, 5.41) is 4.22. The van der Waals surface area contributed by atoms with Gasteiger partial charge >= 0.3 is 0 Å². The Morgan fingerprint density at radius 1 is 1.11 bits per heavy atom. The Morgan fingerprint density at radius 3 is 2.74 bits per heavy atom. The molecule has 5 rings (SSSR count). The van der Waals surface area contributed by atoms with Gasteiger partial charge in [-0.1, -0.05) is 35.5 Å². The lowest BCUT2D eigenvalue weighted by atomic mass is 9.77. The van der Waals surface area contributed by atoms with Crippen LogP contribution < -0.4 is 0 Å². The molecule has 27 heavy (non-hydrogen) atoms. The predicted molar refractivity (Wildman–Crippen MR) is 99.9 cm³/mol. The van der Waals surface area contributed by atoms with Crippen molar-refractivity contribution < 1.29 is 9.26 Å². The maximum atomic E-state index is 5.80. The van der Waals surface area contributed by atoms with Gasteiger partial charge in [0.2, 0.25) is 11.7 Å². The summed E-state index contributed by atoms with van der Waals surface area (Å²) in [6, 6.07) is 14.4. The molecule has 0 amide bonds. The molecule has 3 aromatic rings. The van der Waals surface area contributed by atoms with Gasteiger partial charge in [0, 0.05) is 49.6 Å². The Morgan fingerprint density at radius 2 is 1.96 bits per heavy atom. The molecule has 0 radical (unpaired) electrons. The van der Waals surface area contributed by atoms with Crippen LogP contribution in [0, 0.1) is 5.41 Å². The van der Waals surface area contributed by atoms with Gasteiger partial charge in [-0.3, -0.25) is 9.88 Å². The molecule has 2 fully saturated rings. The zero-order chi connectivity index (χ0) is 18.1. The minimum atomic E-state index is 0.0663. The van der Waals surface area contributed by atoms with Gasteiger partial charge in [0.25, 0.3) is 0 Å². The van der Waals surface area contributed by atoms with Gasteiger partial charge in [-0.05, 0) is 24.1 Å². The fourth-order valence-electron chi connectivity index (χ4n) is 4.39. The largest absolute Gasteiger partial charge is 0.381 e. The zero-order valence-electron chi connectivity index (χ0n) is 15.1. The molecule has 1 spiro atoms. The summed E-state index contributed by atoms with van der Waals surface area (Å²) >= 11 is 0. The van der Waals surface area contributed by atoms with Crippen molar-refractivity contribution in [3.63, 3.8) is 0 Å². The number of benzene rings is 1. The van der Waals surface area contributed by atoms with E-state index in [-0.39, 0.29) is 11.3 Å². The molecule has 2 aliphatic rings. The van der Waals surface area contributed by atoms with Gasteiger partial charge < -0.3 is 9.26 Å². The van der Waals surface area contributed by atoms with E-state index in [9.17, 15) is 0 Å². The Labute approximate surface area is 158 Å². The highest BCUT2D eigenvalue weighted by atomic mass is 16.5. The molecule has 1 aromatic carbocycles. The maximum Gasteiger partial charge on any atom is 0.232 e. The van der Waals surface area contributed by atoms with Crippen molar-refractivity contribution in [1.82, 2.24) is 20.0 Å². The van der Waals surface area contributed by atoms with E-state index in [2.05, 4.69) is 45.4 Å². The lowest BCUT2D eigenvalue weighted by Crippen LogP contribution is -2.30. The van der Waals surface area contributed by atoms with Crippen LogP contribution in [0.2, 0.25) is 0 Å². The van der Waals surface area contributed by atoms with Crippen LogP contribution in [0.1, 0.15) is 23.8 Å². The summed E-state index contributed by atoms with van der Waals surface area (Å²) in [7, 11) is 0. The van der Waals surface area contributed by atoms with Crippen LogP contribution in [0.3, 0.4) is 0 Å². The molecule has 0 N–H and O–H groups in total. The Balaban J connectivity index is 1.41. The van der Waals surface area contributed by atoms with Crippen molar-refractivity contribution in [2.45, 2.75) is 18.9 Å². The smallest absolute Gasteiger partial charge is 0.232 e. The molecular formula is C21H22N4O2. The summed E-state index contributed by atoms with van der Waals surface area (Å²) in [5.74, 6) is 1.55. The van der Waals surface area contributed by atoms with Crippen molar-refractivity contribution in [2.75, 3.05) is 26.3 Å². The molecule has 0 aliphatic carbocycles. The molecule has 138 valence electrons. The van der Waals surface area contributed by atoms with Crippen molar-refractivity contribution in [3.8, 4) is 11.4 Å². The third kappa shape index (κ3) is 3.15. The van der Waals surface area contributed by atoms with Crippen LogP contribution in [-0.2, 0) is 11.3 Å². The van der Waals surface area contributed by atoms with Crippen molar-refractivity contribution in [1.29, 1.82) is 0 Å². The molecule has 4 heterocycles. The average molecular weight is 362 g/mol. The SMILES string of the molecule is c1ccc(CN2CC(c3nc(-c4ccncc4)no3)C3(CCOC3)C2)cc1. The predicted octanol–water partition coefficient (Wildman–Crippen LogP) is 3.14. The monoisotopic (exact) mass is 362 g/mol. The minimum Gasteiger partial charge on any atom is -0.381 e. The third-order valence-electron chi connectivity index (χ3n) is 5.78. The summed E-state index contributed by atoms with van der Waals surface area (Å²) in [4.78, 5) is 11.3. The summed E-state index contributed by atoms with van der Waals surface area (Å²) in [6.45, 7) is 4.41. The second kappa shape index (κ2) is 6.87. The van der Waals surface area contributed by atoms with E-state index in [0.29, 0.717) is 5.82 Å². The quantitative estimate of drug-likeness (QED) is 0.710. The van der Waals surface area contributed by atoms with Crippen LogP contribution in [0.15, 0.2) is 59.4 Å². The Bertz CT molecular complexity index is 891. The van der Waals surface area contributed by atoms with E-state index < -0.39 is 0 Å². The van der Waals surface area contributed by atoms with Gasteiger partial charge in [-0.2, -0.15) is 4.98 Å². The number of hydrogen-bond acceptors (Lipinski definition) is 6. The van der Waals surface area contributed by atoms with Crippen LogP contribution in [-0.4, -0.2) is 46.3 Å². The molecular weight excluding hydrogens is 340 g/mol. The van der Waals surface area contributed by atoms with E-state index in [4.69, 9.17) is 14.2 Å². The first-order valence-electron chi connectivity index (χ1n) is 9.40. The molecule has 2 unspecified atom stereocenters. The minimum absolute atomic E-state index is 0.0663. The first-order chi connectivity index (χ1) is 13.3. The van der Waals surface area contributed by atoms with Gasteiger partial charge in [-0.15, -0.1) is 0 Å². The number of aromatic nitrogens is 3. The summed E-state index contributed by atoms with van der Waals surface area (Å²) in [5.41, 5.74) is 2.32. The van der Waals surface area contributed by atoms with E-state index in [0.717, 1.165) is 50.7 Å². The number of likely N-dealkylation sites (tertiary alicyclic amines) is 1. The van der Waals surface area contributed by atoms with Crippen LogP contribution in [0.5, 0.6) is 0 Å². The summed E-state index contributed by atoms with van der Waals surface area (Å²) < 4.78 is 11.5. The number of rotatable bonds is 4. The van der Waals surface area contributed by atoms with Gasteiger partial charge in [0.1, 0.15) is 0 Å². The molecule has 2 atom stereocenters. The fraction of sp³-hybridized carbons (Fsp3) is 0.381. The van der Waals surface area contributed by atoms with Crippen LogP contribution >= 0.6 is 0 Å². The second-order valence-corrected chi connectivity index (χ2v) is 7.56. The first kappa shape index (κ1) is 16.6. The number of hydrogen-bond donors (Lipinski definition) is 0. The highest BCUT2D eigenvalue weighted by molar-refractivity contribution is 5.52. The lowest BCUT2D eigenvalue weighted by molar-refractivity contribution is 0.138. The number of pyridine rings is 1. The van der Waals surface area contributed by atoms with E-state index in [1.165, 1.54) is 5.56 Å². The molecule has 2 aromatic heterocycles. The maximum absolute atomic E-state index is 5.80. The van der Waals surface area contributed by atoms with Crippen LogP contribution in [0.4, 0.5) is 0 Å². The Kier molecular flexibility index (Phi) is 4.22. The summed E-state index contributed by atoms with van der Waals surface area (Å²) in [6.07, 6.45) is 4.53.